The minimum atomic E-state index is -3.01. The molecule has 0 aliphatic rings. The van der Waals surface area contributed by atoms with Gasteiger partial charge in [-0.1, -0.05) is 65.7 Å². The van der Waals surface area contributed by atoms with Crippen molar-refractivity contribution in [3.63, 3.8) is 0 Å². The van der Waals surface area contributed by atoms with Crippen molar-refractivity contribution in [2.24, 2.45) is 0 Å². The van der Waals surface area contributed by atoms with Crippen LogP contribution in [0, 0.1) is 0 Å². The van der Waals surface area contributed by atoms with Crippen LogP contribution in [0.1, 0.15) is 17.5 Å². The van der Waals surface area contributed by atoms with Gasteiger partial charge in [-0.3, -0.25) is 4.79 Å². The van der Waals surface area contributed by atoms with E-state index in [1.54, 1.807) is 30.3 Å². The van der Waals surface area contributed by atoms with Gasteiger partial charge in [-0.2, -0.15) is 8.78 Å². The van der Waals surface area contributed by atoms with Crippen molar-refractivity contribution in [1.82, 2.24) is 5.32 Å². The van der Waals surface area contributed by atoms with Crippen molar-refractivity contribution in [2.45, 2.75) is 26.0 Å². The molecule has 3 N–H and O–H groups in total. The number of ether oxygens (including phenoxy) is 1. The highest BCUT2D eigenvalue weighted by Crippen LogP contribution is 2.41. The Morgan fingerprint density at radius 1 is 0.971 bits per heavy atom. The fourth-order valence-corrected chi connectivity index (χ4v) is 3.90. The molecule has 0 aliphatic carbocycles. The number of alkyl halides is 2. The van der Waals surface area contributed by atoms with Crippen LogP contribution in [0.5, 0.6) is 5.75 Å². The summed E-state index contributed by atoms with van der Waals surface area (Å²) in [6.45, 7) is -2.77. The zero-order chi connectivity index (χ0) is 24.7. The lowest BCUT2D eigenvalue weighted by Gasteiger charge is -2.15. The van der Waals surface area contributed by atoms with Gasteiger partial charge in [-0.25, -0.2) is 4.79 Å². The van der Waals surface area contributed by atoms with Gasteiger partial charge in [0, 0.05) is 29.8 Å². The number of amides is 2. The number of carboxylic acids is 1. The van der Waals surface area contributed by atoms with Crippen LogP contribution >= 0.6 is 23.2 Å². The SMILES string of the molecule is O=C(O)CCc1ccc(CNC(=O)Nc2cc(Cl)c(-c3ccccc3OC(F)F)c(Cl)c2)cc1. The van der Waals surface area contributed by atoms with Crippen LogP contribution in [0.4, 0.5) is 19.3 Å². The maximum atomic E-state index is 12.7. The van der Waals surface area contributed by atoms with Gasteiger partial charge in [-0.15, -0.1) is 0 Å². The van der Waals surface area contributed by atoms with Crippen LogP contribution in [-0.2, 0) is 17.8 Å². The number of carboxylic acid groups (broad SMARTS) is 1. The van der Waals surface area contributed by atoms with E-state index in [9.17, 15) is 18.4 Å². The van der Waals surface area contributed by atoms with Crippen molar-refractivity contribution in [3.8, 4) is 16.9 Å². The fraction of sp³-hybridized carbons (Fsp3) is 0.167. The van der Waals surface area contributed by atoms with Crippen molar-refractivity contribution >= 4 is 40.9 Å². The number of carbonyl (C=O) groups excluding carboxylic acids is 1. The van der Waals surface area contributed by atoms with E-state index < -0.39 is 18.6 Å². The Bertz CT molecular complexity index is 1150. The number of rotatable bonds is 9. The molecule has 0 spiro atoms. The van der Waals surface area contributed by atoms with Crippen LogP contribution < -0.4 is 15.4 Å². The average molecular weight is 509 g/mol. The molecule has 6 nitrogen and oxygen atoms in total. The first-order chi connectivity index (χ1) is 16.2. The summed E-state index contributed by atoms with van der Waals surface area (Å²) in [5.74, 6) is -0.935. The molecule has 0 aromatic heterocycles. The number of halogens is 4. The van der Waals surface area contributed by atoms with Gasteiger partial charge >= 0.3 is 18.6 Å². The van der Waals surface area contributed by atoms with E-state index in [-0.39, 0.29) is 28.8 Å². The summed E-state index contributed by atoms with van der Waals surface area (Å²) in [6, 6.07) is 15.8. The molecule has 0 aliphatic heterocycles. The van der Waals surface area contributed by atoms with E-state index in [1.165, 1.54) is 18.2 Å². The van der Waals surface area contributed by atoms with Gasteiger partial charge in [0.05, 0.1) is 10.0 Å². The highest BCUT2D eigenvalue weighted by Gasteiger charge is 2.17. The third kappa shape index (κ3) is 7.07. The second-order valence-corrected chi connectivity index (χ2v) is 8.02. The molecule has 2 amide bonds. The first-order valence-corrected chi connectivity index (χ1v) is 10.9. The number of aliphatic carboxylic acids is 1. The highest BCUT2D eigenvalue weighted by atomic mass is 35.5. The van der Waals surface area contributed by atoms with Crippen LogP contribution in [0.2, 0.25) is 10.0 Å². The lowest BCUT2D eigenvalue weighted by atomic mass is 10.0. The number of carbonyl (C=O) groups is 2. The molecule has 0 radical (unpaired) electrons. The Kier molecular flexibility index (Phi) is 8.67. The molecule has 3 aromatic carbocycles. The van der Waals surface area contributed by atoms with Crippen LogP contribution in [0.3, 0.4) is 0 Å². The number of benzene rings is 3. The number of hydrogen-bond donors (Lipinski definition) is 3. The predicted molar refractivity (Wildman–Crippen MR) is 127 cm³/mol. The van der Waals surface area contributed by atoms with Gasteiger partial charge in [0.25, 0.3) is 0 Å². The molecular formula is C24H20Cl2F2N2O4. The average Bonchev–Trinajstić information content (AvgIpc) is 2.77. The number of hydrogen-bond acceptors (Lipinski definition) is 3. The number of anilines is 1. The fourth-order valence-electron chi connectivity index (χ4n) is 3.21. The van der Waals surface area contributed by atoms with Crippen molar-refractivity contribution in [3.05, 3.63) is 81.8 Å². The standard InChI is InChI=1S/C24H20Cl2F2N2O4/c25-18-11-16(12-19(26)22(18)17-3-1-2-4-20(17)34-23(27)28)30-24(33)29-13-15-7-5-14(6-8-15)9-10-21(31)32/h1-8,11-12,23H,9-10,13H2,(H,31,32)(H2,29,30,33). The third-order valence-electron chi connectivity index (χ3n) is 4.78. The number of urea groups is 1. The number of aryl methyl sites for hydroxylation is 1. The Labute approximate surface area is 204 Å². The molecule has 3 rings (SSSR count). The highest BCUT2D eigenvalue weighted by molar-refractivity contribution is 6.40. The zero-order valence-corrected chi connectivity index (χ0v) is 19.2. The molecule has 34 heavy (non-hydrogen) atoms. The zero-order valence-electron chi connectivity index (χ0n) is 17.7. The third-order valence-corrected chi connectivity index (χ3v) is 5.37. The lowest BCUT2D eigenvalue weighted by Crippen LogP contribution is -2.28. The predicted octanol–water partition coefficient (Wildman–Crippen LogP) is 6.60. The van der Waals surface area contributed by atoms with Gasteiger partial charge in [-0.05, 0) is 35.7 Å². The molecule has 0 bridgehead atoms. The van der Waals surface area contributed by atoms with Gasteiger partial charge in [0.15, 0.2) is 0 Å². The van der Waals surface area contributed by atoms with E-state index in [4.69, 9.17) is 28.3 Å². The smallest absolute Gasteiger partial charge is 0.387 e. The van der Waals surface area contributed by atoms with E-state index >= 15 is 0 Å². The molecule has 0 heterocycles. The summed E-state index contributed by atoms with van der Waals surface area (Å²) < 4.78 is 30.0. The first kappa shape index (κ1) is 25.3. The second-order valence-electron chi connectivity index (χ2n) is 7.21. The van der Waals surface area contributed by atoms with Crippen molar-refractivity contribution in [2.75, 3.05) is 5.32 Å². The maximum absolute atomic E-state index is 12.7. The van der Waals surface area contributed by atoms with Crippen molar-refractivity contribution in [1.29, 1.82) is 0 Å². The van der Waals surface area contributed by atoms with E-state index in [2.05, 4.69) is 15.4 Å². The van der Waals surface area contributed by atoms with E-state index in [1.807, 2.05) is 12.1 Å². The Balaban J connectivity index is 1.65. The minimum absolute atomic E-state index is 0.0503. The molecule has 178 valence electrons. The van der Waals surface area contributed by atoms with Gasteiger partial charge in [0.2, 0.25) is 0 Å². The first-order valence-electron chi connectivity index (χ1n) is 10.1. The summed E-state index contributed by atoms with van der Waals surface area (Å²) in [7, 11) is 0. The largest absolute Gasteiger partial charge is 0.481 e. The van der Waals surface area contributed by atoms with E-state index in [0.29, 0.717) is 23.2 Å². The van der Waals surface area contributed by atoms with E-state index in [0.717, 1.165) is 11.1 Å². The minimum Gasteiger partial charge on any atom is -0.481 e. The number of nitrogens with one attached hydrogen (secondary N) is 2. The molecule has 0 saturated carbocycles. The monoisotopic (exact) mass is 508 g/mol. The lowest BCUT2D eigenvalue weighted by molar-refractivity contribution is -0.136. The quantitative estimate of drug-likeness (QED) is 0.303. The molecular weight excluding hydrogens is 489 g/mol. The molecule has 0 saturated heterocycles. The van der Waals surface area contributed by atoms with Crippen LogP contribution in [-0.4, -0.2) is 23.7 Å². The van der Waals surface area contributed by atoms with Gasteiger partial charge in [0.1, 0.15) is 5.75 Å². The Morgan fingerprint density at radius 2 is 1.59 bits per heavy atom. The van der Waals surface area contributed by atoms with Crippen LogP contribution in [0.15, 0.2) is 60.7 Å². The van der Waals surface area contributed by atoms with Crippen molar-refractivity contribution < 1.29 is 28.2 Å². The molecule has 0 atom stereocenters. The van der Waals surface area contributed by atoms with Crippen LogP contribution in [0.25, 0.3) is 11.1 Å². The molecule has 0 fully saturated rings. The second kappa shape index (κ2) is 11.7. The molecule has 10 heteroatoms. The summed E-state index contributed by atoms with van der Waals surface area (Å²) in [5.41, 5.74) is 2.62. The molecule has 3 aromatic rings. The summed E-state index contributed by atoms with van der Waals surface area (Å²) in [4.78, 5) is 23.0. The molecule has 0 unspecified atom stereocenters. The summed E-state index contributed by atoms with van der Waals surface area (Å²) in [6.07, 6.45) is 0.481. The normalized spacial score (nSPS) is 10.7. The Hall–Kier alpha value is -3.36. The maximum Gasteiger partial charge on any atom is 0.387 e. The topological polar surface area (TPSA) is 87.7 Å². The number of para-hydroxylation sites is 1. The van der Waals surface area contributed by atoms with Gasteiger partial charge < -0.3 is 20.5 Å². The Morgan fingerprint density at radius 3 is 2.21 bits per heavy atom. The summed E-state index contributed by atoms with van der Waals surface area (Å²) >= 11 is 12.7. The summed E-state index contributed by atoms with van der Waals surface area (Å²) in [5, 5.41) is 14.4.